The van der Waals surface area contributed by atoms with E-state index in [0.717, 1.165) is 0 Å². The van der Waals surface area contributed by atoms with E-state index in [1.807, 2.05) is 6.92 Å². The molecule has 3 aromatic rings. The van der Waals surface area contributed by atoms with Gasteiger partial charge >= 0.3 is 0 Å². The van der Waals surface area contributed by atoms with Crippen molar-refractivity contribution in [2.24, 2.45) is 4.99 Å². The summed E-state index contributed by atoms with van der Waals surface area (Å²) in [6.07, 6.45) is 3.81. The van der Waals surface area contributed by atoms with E-state index >= 15 is 0 Å². The van der Waals surface area contributed by atoms with Crippen LogP contribution in [0.1, 0.15) is 17.3 Å². The molecule has 0 aliphatic carbocycles. The maximum absolute atomic E-state index is 11.2. The highest BCUT2D eigenvalue weighted by atomic mass is 35.5. The number of rotatable bonds is 5. The second-order valence-electron chi connectivity index (χ2n) is 5.23. The Morgan fingerprint density at radius 2 is 2.04 bits per heavy atom. The van der Waals surface area contributed by atoms with Crippen LogP contribution in [0.2, 0.25) is 10.2 Å². The molecule has 2 heterocycles. The SMILES string of the molecule is C[C@@H](/C=N/c1cccc(Cl)c1C=O)Nc1ncnc2ccc(Cl)nc12. The maximum atomic E-state index is 11.2. The van der Waals surface area contributed by atoms with Gasteiger partial charge in [-0.1, -0.05) is 29.3 Å². The van der Waals surface area contributed by atoms with E-state index in [4.69, 9.17) is 23.2 Å². The van der Waals surface area contributed by atoms with Crippen LogP contribution in [0.5, 0.6) is 0 Å². The molecule has 1 atom stereocenters. The zero-order valence-corrected chi connectivity index (χ0v) is 14.7. The number of hydrogen-bond donors (Lipinski definition) is 1. The first-order chi connectivity index (χ1) is 12.1. The number of pyridine rings is 1. The van der Waals surface area contributed by atoms with Crippen molar-refractivity contribution in [2.45, 2.75) is 13.0 Å². The first-order valence-corrected chi connectivity index (χ1v) is 8.15. The Labute approximate surface area is 154 Å². The molecule has 0 aliphatic rings. The van der Waals surface area contributed by atoms with Crippen molar-refractivity contribution in [1.29, 1.82) is 0 Å². The quantitative estimate of drug-likeness (QED) is 0.408. The lowest BCUT2D eigenvalue weighted by molar-refractivity contribution is 0.112. The van der Waals surface area contributed by atoms with Crippen LogP contribution in [0, 0.1) is 0 Å². The number of nitrogens with one attached hydrogen (secondary N) is 1. The third kappa shape index (κ3) is 3.92. The average molecular weight is 374 g/mol. The third-order valence-corrected chi connectivity index (χ3v) is 3.94. The molecule has 0 aliphatic heterocycles. The molecule has 25 heavy (non-hydrogen) atoms. The third-order valence-electron chi connectivity index (χ3n) is 3.40. The van der Waals surface area contributed by atoms with Crippen molar-refractivity contribution in [2.75, 3.05) is 5.32 Å². The lowest BCUT2D eigenvalue weighted by atomic mass is 10.2. The molecule has 0 fully saturated rings. The summed E-state index contributed by atoms with van der Waals surface area (Å²) in [7, 11) is 0. The molecule has 126 valence electrons. The van der Waals surface area contributed by atoms with Gasteiger partial charge in [0.1, 0.15) is 17.0 Å². The second-order valence-corrected chi connectivity index (χ2v) is 6.02. The number of nitrogens with zero attached hydrogens (tertiary/aromatic N) is 4. The van der Waals surface area contributed by atoms with Crippen molar-refractivity contribution in [3.63, 3.8) is 0 Å². The second kappa shape index (κ2) is 7.55. The molecule has 8 heteroatoms. The van der Waals surface area contributed by atoms with Gasteiger partial charge in [0.2, 0.25) is 0 Å². The standard InChI is InChI=1S/C17H13Cl2N5O/c1-10(7-20-13-4-2-3-12(18)11(13)8-25)23-17-16-14(21-9-22-17)5-6-15(19)24-16/h2-10H,1H3,(H,21,22,23)/b20-7+/t10-/m0/s1. The molecule has 6 nitrogen and oxygen atoms in total. The monoisotopic (exact) mass is 373 g/mol. The number of carbonyl (C=O) groups excluding carboxylic acids is 1. The van der Waals surface area contributed by atoms with E-state index in [0.29, 0.717) is 44.6 Å². The highest BCUT2D eigenvalue weighted by Crippen LogP contribution is 2.25. The van der Waals surface area contributed by atoms with Gasteiger partial charge in [0, 0.05) is 6.21 Å². The lowest BCUT2D eigenvalue weighted by Crippen LogP contribution is -2.18. The minimum atomic E-state index is -0.183. The van der Waals surface area contributed by atoms with Crippen molar-refractivity contribution >= 4 is 58.2 Å². The molecule has 0 bridgehead atoms. The molecule has 1 aromatic carbocycles. The van der Waals surface area contributed by atoms with E-state index in [1.54, 1.807) is 36.5 Å². The Hall–Kier alpha value is -2.57. The molecule has 0 spiro atoms. The van der Waals surface area contributed by atoms with Gasteiger partial charge in [-0.3, -0.25) is 9.79 Å². The summed E-state index contributed by atoms with van der Waals surface area (Å²) in [5.41, 5.74) is 2.12. The van der Waals surface area contributed by atoms with Gasteiger partial charge in [-0.2, -0.15) is 0 Å². The van der Waals surface area contributed by atoms with Crippen LogP contribution in [0.25, 0.3) is 11.0 Å². The van der Waals surface area contributed by atoms with Crippen molar-refractivity contribution in [1.82, 2.24) is 15.0 Å². The van der Waals surface area contributed by atoms with Gasteiger partial charge in [-0.15, -0.1) is 0 Å². The fourth-order valence-electron chi connectivity index (χ4n) is 2.22. The number of aldehydes is 1. The van der Waals surface area contributed by atoms with E-state index in [-0.39, 0.29) is 6.04 Å². The summed E-state index contributed by atoms with van der Waals surface area (Å²) in [6.45, 7) is 1.90. The number of fused-ring (bicyclic) bond motifs is 1. The molecule has 0 saturated carbocycles. The Morgan fingerprint density at radius 1 is 1.20 bits per heavy atom. The van der Waals surface area contributed by atoms with E-state index < -0.39 is 0 Å². The van der Waals surface area contributed by atoms with Gasteiger partial charge in [0.05, 0.1) is 27.8 Å². The zero-order chi connectivity index (χ0) is 17.8. The Kier molecular flexibility index (Phi) is 5.21. The van der Waals surface area contributed by atoms with Gasteiger partial charge < -0.3 is 5.32 Å². The van der Waals surface area contributed by atoms with Crippen LogP contribution in [0.15, 0.2) is 41.7 Å². The molecule has 0 unspecified atom stereocenters. The van der Waals surface area contributed by atoms with Crippen molar-refractivity contribution in [3.05, 3.63) is 52.4 Å². The minimum Gasteiger partial charge on any atom is -0.361 e. The summed E-state index contributed by atoms with van der Waals surface area (Å²) < 4.78 is 0. The Bertz CT molecular complexity index is 961. The average Bonchev–Trinajstić information content (AvgIpc) is 2.60. The molecular formula is C17H13Cl2N5O. The van der Waals surface area contributed by atoms with Crippen molar-refractivity contribution in [3.8, 4) is 0 Å². The highest BCUT2D eigenvalue weighted by molar-refractivity contribution is 6.33. The zero-order valence-electron chi connectivity index (χ0n) is 13.1. The number of aliphatic imine (C=N–C) groups is 1. The first-order valence-electron chi connectivity index (χ1n) is 7.40. The maximum Gasteiger partial charge on any atom is 0.156 e. The van der Waals surface area contributed by atoms with E-state index in [2.05, 4.69) is 25.3 Å². The molecule has 2 aromatic heterocycles. The highest BCUT2D eigenvalue weighted by Gasteiger charge is 2.09. The molecule has 1 N–H and O–H groups in total. The number of carbonyl (C=O) groups is 1. The summed E-state index contributed by atoms with van der Waals surface area (Å²) in [4.78, 5) is 28.1. The van der Waals surface area contributed by atoms with Gasteiger partial charge in [0.25, 0.3) is 0 Å². The summed E-state index contributed by atoms with van der Waals surface area (Å²) in [6, 6.07) is 8.38. The molecule has 0 amide bonds. The summed E-state index contributed by atoms with van der Waals surface area (Å²) in [5, 5.41) is 3.92. The minimum absolute atomic E-state index is 0.183. The van der Waals surface area contributed by atoms with Gasteiger partial charge in [-0.25, -0.2) is 15.0 Å². The fourth-order valence-corrected chi connectivity index (χ4v) is 2.58. The smallest absolute Gasteiger partial charge is 0.156 e. The predicted octanol–water partition coefficient (Wildman–Crippen LogP) is 4.35. The van der Waals surface area contributed by atoms with Gasteiger partial charge in [-0.05, 0) is 31.2 Å². The molecule has 3 rings (SSSR count). The van der Waals surface area contributed by atoms with E-state index in [1.165, 1.54) is 6.33 Å². The molecular weight excluding hydrogens is 361 g/mol. The van der Waals surface area contributed by atoms with Crippen LogP contribution in [0.3, 0.4) is 0 Å². The van der Waals surface area contributed by atoms with Crippen LogP contribution < -0.4 is 5.32 Å². The number of aromatic nitrogens is 3. The first kappa shape index (κ1) is 17.3. The summed E-state index contributed by atoms with van der Waals surface area (Å²) >= 11 is 11.9. The fraction of sp³-hybridized carbons (Fsp3) is 0.118. The van der Waals surface area contributed by atoms with Crippen LogP contribution in [0.4, 0.5) is 11.5 Å². The lowest BCUT2D eigenvalue weighted by Gasteiger charge is -2.11. The molecule has 0 radical (unpaired) electrons. The normalized spacial score (nSPS) is 12.4. The Morgan fingerprint density at radius 3 is 2.84 bits per heavy atom. The Balaban J connectivity index is 1.84. The van der Waals surface area contributed by atoms with E-state index in [9.17, 15) is 4.79 Å². The van der Waals surface area contributed by atoms with Crippen LogP contribution >= 0.6 is 23.2 Å². The van der Waals surface area contributed by atoms with Crippen LogP contribution in [-0.4, -0.2) is 33.5 Å². The van der Waals surface area contributed by atoms with Crippen LogP contribution in [-0.2, 0) is 0 Å². The largest absolute Gasteiger partial charge is 0.361 e. The number of benzene rings is 1. The van der Waals surface area contributed by atoms with Crippen molar-refractivity contribution < 1.29 is 4.79 Å². The number of anilines is 1. The number of hydrogen-bond acceptors (Lipinski definition) is 6. The predicted molar refractivity (Wildman–Crippen MR) is 100 cm³/mol. The summed E-state index contributed by atoms with van der Waals surface area (Å²) in [5.74, 6) is 0.549. The number of halogens is 2. The van der Waals surface area contributed by atoms with Gasteiger partial charge in [0.15, 0.2) is 12.1 Å². The molecule has 0 saturated heterocycles. The topological polar surface area (TPSA) is 80.1 Å².